The minimum atomic E-state index is 0.0972. The number of aromatic amines is 1. The molecule has 0 spiro atoms. The van der Waals surface area contributed by atoms with E-state index in [0.29, 0.717) is 0 Å². The summed E-state index contributed by atoms with van der Waals surface area (Å²) in [4.78, 5) is 14.6. The molecule has 0 unspecified atom stereocenters. The Morgan fingerprint density at radius 1 is 1.42 bits per heavy atom. The van der Waals surface area contributed by atoms with Crippen molar-refractivity contribution in [2.75, 3.05) is 25.1 Å². The predicted octanol–water partition coefficient (Wildman–Crippen LogP) is 0.604. The fourth-order valence-corrected chi connectivity index (χ4v) is 2.39. The molecule has 3 rings (SSSR count). The first-order valence-electron chi connectivity index (χ1n) is 6.28. The second kappa shape index (κ2) is 5.31. The topological polar surface area (TPSA) is 79.8 Å². The highest BCUT2D eigenvalue weighted by Gasteiger charge is 2.32. The van der Waals surface area contributed by atoms with Crippen molar-refractivity contribution in [3.05, 3.63) is 30.7 Å². The average molecular weight is 260 g/mol. The number of ether oxygens (including phenoxy) is 1. The van der Waals surface area contributed by atoms with Crippen molar-refractivity contribution in [3.8, 4) is 0 Å². The van der Waals surface area contributed by atoms with Crippen molar-refractivity contribution in [1.29, 1.82) is 0 Å². The zero-order valence-electron chi connectivity index (χ0n) is 10.7. The van der Waals surface area contributed by atoms with Crippen LogP contribution in [0.2, 0.25) is 0 Å². The molecule has 0 bridgehead atoms. The van der Waals surface area contributed by atoms with E-state index in [0.717, 1.165) is 31.2 Å². The van der Waals surface area contributed by atoms with Crippen LogP contribution in [0.5, 0.6) is 0 Å². The SMILES string of the molecule is CN(C[C@H]1OCC[C@H]1c1ncn[nH]1)c1cnccn1. The third-order valence-electron chi connectivity index (χ3n) is 3.39. The molecule has 3 heterocycles. The summed E-state index contributed by atoms with van der Waals surface area (Å²) >= 11 is 0. The first-order chi connectivity index (χ1) is 9.34. The Labute approximate surface area is 111 Å². The summed E-state index contributed by atoms with van der Waals surface area (Å²) in [6.07, 6.45) is 7.71. The van der Waals surface area contributed by atoms with E-state index in [1.165, 1.54) is 6.33 Å². The monoisotopic (exact) mass is 260 g/mol. The van der Waals surface area contributed by atoms with Gasteiger partial charge in [-0.15, -0.1) is 0 Å². The normalized spacial score (nSPS) is 22.6. The maximum atomic E-state index is 5.80. The van der Waals surface area contributed by atoms with Crippen LogP contribution in [0.3, 0.4) is 0 Å². The molecule has 0 saturated carbocycles. The predicted molar refractivity (Wildman–Crippen MR) is 68.8 cm³/mol. The number of hydrogen-bond donors (Lipinski definition) is 1. The molecule has 0 amide bonds. The lowest BCUT2D eigenvalue weighted by Crippen LogP contribution is -2.32. The van der Waals surface area contributed by atoms with E-state index >= 15 is 0 Å². The molecule has 1 saturated heterocycles. The van der Waals surface area contributed by atoms with Gasteiger partial charge in [0.1, 0.15) is 18.0 Å². The second-order valence-corrected chi connectivity index (χ2v) is 4.62. The molecule has 0 aromatic carbocycles. The van der Waals surface area contributed by atoms with Gasteiger partial charge >= 0.3 is 0 Å². The van der Waals surface area contributed by atoms with Crippen LogP contribution in [0.1, 0.15) is 18.2 Å². The number of nitrogens with one attached hydrogen (secondary N) is 1. The fourth-order valence-electron chi connectivity index (χ4n) is 2.39. The van der Waals surface area contributed by atoms with Crippen molar-refractivity contribution in [3.63, 3.8) is 0 Å². The Morgan fingerprint density at radius 3 is 3.11 bits per heavy atom. The number of H-pyrrole nitrogens is 1. The van der Waals surface area contributed by atoms with E-state index in [2.05, 4.69) is 25.1 Å². The summed E-state index contributed by atoms with van der Waals surface area (Å²) in [5.41, 5.74) is 0. The van der Waals surface area contributed by atoms with Crippen LogP contribution >= 0.6 is 0 Å². The first kappa shape index (κ1) is 12.0. The zero-order chi connectivity index (χ0) is 13.1. The molecule has 19 heavy (non-hydrogen) atoms. The van der Waals surface area contributed by atoms with Gasteiger partial charge in [-0.2, -0.15) is 5.10 Å². The Balaban J connectivity index is 1.69. The highest BCUT2D eigenvalue weighted by atomic mass is 16.5. The lowest BCUT2D eigenvalue weighted by Gasteiger charge is -2.24. The summed E-state index contributed by atoms with van der Waals surface area (Å²) in [5, 5.41) is 6.85. The molecular weight excluding hydrogens is 244 g/mol. The Bertz CT molecular complexity index is 502. The lowest BCUT2D eigenvalue weighted by molar-refractivity contribution is 0.108. The van der Waals surface area contributed by atoms with E-state index in [-0.39, 0.29) is 12.0 Å². The van der Waals surface area contributed by atoms with Crippen LogP contribution in [-0.2, 0) is 4.74 Å². The summed E-state index contributed by atoms with van der Waals surface area (Å²) in [6, 6.07) is 0. The van der Waals surface area contributed by atoms with Gasteiger partial charge in [0, 0.05) is 38.5 Å². The summed E-state index contributed by atoms with van der Waals surface area (Å²) in [7, 11) is 1.99. The first-order valence-corrected chi connectivity index (χ1v) is 6.28. The molecule has 7 nitrogen and oxygen atoms in total. The molecule has 1 aliphatic rings. The van der Waals surface area contributed by atoms with Crippen LogP contribution in [0, 0.1) is 0 Å². The molecule has 0 aliphatic carbocycles. The molecule has 0 radical (unpaired) electrons. The maximum absolute atomic E-state index is 5.80. The van der Waals surface area contributed by atoms with Gasteiger partial charge in [-0.3, -0.25) is 10.1 Å². The molecule has 2 aromatic rings. The number of rotatable bonds is 4. The van der Waals surface area contributed by atoms with Gasteiger partial charge in [-0.25, -0.2) is 9.97 Å². The van der Waals surface area contributed by atoms with Crippen molar-refractivity contribution in [1.82, 2.24) is 25.1 Å². The van der Waals surface area contributed by atoms with Gasteiger partial charge in [0.05, 0.1) is 12.3 Å². The third-order valence-corrected chi connectivity index (χ3v) is 3.39. The Kier molecular flexibility index (Phi) is 3.37. The molecule has 1 N–H and O–H groups in total. The standard InChI is InChI=1S/C12H16N6O/c1-18(11-6-13-3-4-14-11)7-10-9(2-5-19-10)12-15-8-16-17-12/h3-4,6,8-10H,2,5,7H2,1H3,(H,15,16,17)/t9-,10-/m1/s1. The molecule has 2 atom stereocenters. The summed E-state index contributed by atoms with van der Waals surface area (Å²) < 4.78 is 5.80. The van der Waals surface area contributed by atoms with E-state index in [4.69, 9.17) is 4.74 Å². The van der Waals surface area contributed by atoms with E-state index in [1.807, 2.05) is 11.9 Å². The summed E-state index contributed by atoms with van der Waals surface area (Å²) in [6.45, 7) is 1.51. The number of anilines is 1. The quantitative estimate of drug-likeness (QED) is 0.867. The molecule has 2 aromatic heterocycles. The van der Waals surface area contributed by atoms with E-state index < -0.39 is 0 Å². The fraction of sp³-hybridized carbons (Fsp3) is 0.500. The molecule has 1 aliphatic heterocycles. The minimum absolute atomic E-state index is 0.0972. The molecule has 100 valence electrons. The number of hydrogen-bond acceptors (Lipinski definition) is 6. The van der Waals surface area contributed by atoms with Gasteiger partial charge < -0.3 is 9.64 Å². The maximum Gasteiger partial charge on any atom is 0.146 e. The lowest BCUT2D eigenvalue weighted by atomic mass is 10.0. The Hall–Kier alpha value is -2.02. The van der Waals surface area contributed by atoms with Crippen molar-refractivity contribution in [2.45, 2.75) is 18.4 Å². The third kappa shape index (κ3) is 2.55. The second-order valence-electron chi connectivity index (χ2n) is 4.62. The minimum Gasteiger partial charge on any atom is -0.376 e. The van der Waals surface area contributed by atoms with Gasteiger partial charge in [0.2, 0.25) is 0 Å². The number of nitrogens with zero attached hydrogens (tertiary/aromatic N) is 5. The largest absolute Gasteiger partial charge is 0.376 e. The van der Waals surface area contributed by atoms with Gasteiger partial charge in [0.15, 0.2) is 0 Å². The zero-order valence-corrected chi connectivity index (χ0v) is 10.7. The Morgan fingerprint density at radius 2 is 2.37 bits per heavy atom. The number of likely N-dealkylation sites (N-methyl/N-ethyl adjacent to an activating group) is 1. The van der Waals surface area contributed by atoms with Crippen molar-refractivity contribution < 1.29 is 4.74 Å². The average Bonchev–Trinajstić information content (AvgIpc) is 3.10. The van der Waals surface area contributed by atoms with Gasteiger partial charge in [-0.05, 0) is 6.42 Å². The van der Waals surface area contributed by atoms with Gasteiger partial charge in [-0.1, -0.05) is 0 Å². The molecule has 7 heteroatoms. The van der Waals surface area contributed by atoms with Crippen LogP contribution in [0.15, 0.2) is 24.9 Å². The van der Waals surface area contributed by atoms with E-state index in [9.17, 15) is 0 Å². The van der Waals surface area contributed by atoms with Gasteiger partial charge in [0.25, 0.3) is 0 Å². The van der Waals surface area contributed by atoms with Crippen LogP contribution in [0.25, 0.3) is 0 Å². The van der Waals surface area contributed by atoms with Crippen molar-refractivity contribution in [2.24, 2.45) is 0 Å². The van der Waals surface area contributed by atoms with Crippen molar-refractivity contribution >= 4 is 5.82 Å². The highest BCUT2D eigenvalue weighted by molar-refractivity contribution is 5.34. The summed E-state index contributed by atoms with van der Waals surface area (Å²) in [5.74, 6) is 2.01. The van der Waals surface area contributed by atoms with Crippen LogP contribution < -0.4 is 4.90 Å². The number of aromatic nitrogens is 5. The van der Waals surface area contributed by atoms with Crippen LogP contribution in [0.4, 0.5) is 5.82 Å². The van der Waals surface area contributed by atoms with Crippen LogP contribution in [-0.4, -0.2) is 51.5 Å². The molecular formula is C12H16N6O. The van der Waals surface area contributed by atoms with E-state index in [1.54, 1.807) is 18.6 Å². The molecule has 1 fully saturated rings. The highest BCUT2D eigenvalue weighted by Crippen LogP contribution is 2.29. The smallest absolute Gasteiger partial charge is 0.146 e.